The zero-order chi connectivity index (χ0) is 41.1. The number of furan rings is 1. The second kappa shape index (κ2) is 13.1. The molecule has 13 rings (SSSR count). The Kier molecular flexibility index (Phi) is 7.36. The molecule has 0 N–H and O–H groups in total. The van der Waals surface area contributed by atoms with Crippen LogP contribution in [0.2, 0.25) is 0 Å². The van der Waals surface area contributed by atoms with Crippen LogP contribution in [0, 0.1) is 13.8 Å². The minimum Gasteiger partial charge on any atom is -0.456 e. The maximum Gasteiger partial charge on any atom is 0.140 e. The third-order valence-corrected chi connectivity index (χ3v) is 13.4. The third-order valence-electron chi connectivity index (χ3n) is 13.4. The highest BCUT2D eigenvalue weighted by molar-refractivity contribution is 6.08. The topological polar surface area (TPSA) is 25.6 Å². The first-order chi connectivity index (χ1) is 30.6. The van der Waals surface area contributed by atoms with Gasteiger partial charge < -0.3 is 14.1 Å². The van der Waals surface area contributed by atoms with Crippen LogP contribution in [-0.4, -0.2) is 0 Å². The predicted octanol–water partition coefficient (Wildman–Crippen LogP) is 16.1. The summed E-state index contributed by atoms with van der Waals surface area (Å²) in [4.78, 5) is 2.40. The summed E-state index contributed by atoms with van der Waals surface area (Å²) >= 11 is 0. The Morgan fingerprint density at radius 1 is 0.387 bits per heavy atom. The molecule has 0 unspecified atom stereocenters. The molecular formula is C59H39NO2. The average molecular weight is 794 g/mol. The highest BCUT2D eigenvalue weighted by atomic mass is 16.5. The number of rotatable bonds is 4. The maximum atomic E-state index is 7.30. The lowest BCUT2D eigenvalue weighted by molar-refractivity contribution is 0.447. The summed E-state index contributed by atoms with van der Waals surface area (Å²) in [5, 5.41) is 6.79. The van der Waals surface area contributed by atoms with Crippen molar-refractivity contribution in [3.05, 3.63) is 234 Å². The second-order valence-corrected chi connectivity index (χ2v) is 16.9. The molecule has 1 aromatic heterocycles. The van der Waals surface area contributed by atoms with Crippen molar-refractivity contribution in [1.29, 1.82) is 0 Å². The molecule has 1 aliphatic heterocycles. The number of hydrogen-bond donors (Lipinski definition) is 0. The Hall–Kier alpha value is -7.88. The first kappa shape index (κ1) is 34.9. The SMILES string of the molecule is Cc1ccc2c3c(ccc2c1)C1(c2ccccc2-c2c(-c4ccccc4N(c4ccccc4)c4ccc5oc6ccccc6c5c4)cccc21)c1ccc2cc(C)ccc2c1O3. The van der Waals surface area contributed by atoms with Crippen molar-refractivity contribution in [1.82, 2.24) is 0 Å². The standard InChI is InChI=1S/C59H39NO2/c1-36-23-28-42-38(33-36)25-30-51-57(42)62-58-43-29-24-37(2)34-39(43)26-31-52(58)59(51)49-19-9-6-17-47(49)56-46(18-12-20-50(56)59)44-15-7-10-21-53(44)60(40-13-4-3-5-14-40)41-27-32-55-48(35-41)45-16-8-11-22-54(45)61-55/h3-35H,1-2H3. The summed E-state index contributed by atoms with van der Waals surface area (Å²) in [5.41, 5.74) is 16.5. The van der Waals surface area contributed by atoms with Gasteiger partial charge in [-0.05, 0) is 94.9 Å². The summed E-state index contributed by atoms with van der Waals surface area (Å²) in [6.45, 7) is 4.32. The van der Waals surface area contributed by atoms with Crippen molar-refractivity contribution in [2.24, 2.45) is 0 Å². The molecule has 62 heavy (non-hydrogen) atoms. The Bertz CT molecular complexity index is 3560. The van der Waals surface area contributed by atoms with Crippen LogP contribution in [-0.2, 0) is 5.41 Å². The molecule has 0 fully saturated rings. The third kappa shape index (κ3) is 4.82. The number of anilines is 3. The van der Waals surface area contributed by atoms with Crippen LogP contribution in [0.25, 0.3) is 65.7 Å². The number of para-hydroxylation sites is 3. The predicted molar refractivity (Wildman–Crippen MR) is 256 cm³/mol. The first-order valence-electron chi connectivity index (χ1n) is 21.4. The molecule has 0 bridgehead atoms. The number of nitrogens with zero attached hydrogens (tertiary/aromatic N) is 1. The van der Waals surface area contributed by atoms with E-state index in [0.717, 1.165) is 78.0 Å². The summed E-state index contributed by atoms with van der Waals surface area (Å²) < 4.78 is 13.6. The fourth-order valence-electron chi connectivity index (χ4n) is 10.8. The molecule has 2 aliphatic rings. The van der Waals surface area contributed by atoms with Gasteiger partial charge in [0.25, 0.3) is 0 Å². The Morgan fingerprint density at radius 3 is 1.76 bits per heavy atom. The van der Waals surface area contributed by atoms with Crippen LogP contribution in [0.15, 0.2) is 205 Å². The van der Waals surface area contributed by atoms with Crippen molar-refractivity contribution in [2.75, 3.05) is 4.90 Å². The average Bonchev–Trinajstić information content (AvgIpc) is 3.83. The van der Waals surface area contributed by atoms with Gasteiger partial charge in [0, 0.05) is 49.6 Å². The van der Waals surface area contributed by atoms with Crippen LogP contribution in [0.1, 0.15) is 33.4 Å². The number of ether oxygens (including phenoxy) is 1. The van der Waals surface area contributed by atoms with Crippen molar-refractivity contribution in [2.45, 2.75) is 19.3 Å². The van der Waals surface area contributed by atoms with Crippen molar-refractivity contribution in [3.8, 4) is 33.8 Å². The molecule has 0 atom stereocenters. The van der Waals surface area contributed by atoms with Gasteiger partial charge in [0.15, 0.2) is 0 Å². The van der Waals surface area contributed by atoms with Crippen LogP contribution in [0.5, 0.6) is 11.5 Å². The van der Waals surface area contributed by atoms with Crippen molar-refractivity contribution in [3.63, 3.8) is 0 Å². The minimum absolute atomic E-state index is 0.648. The first-order valence-corrected chi connectivity index (χ1v) is 21.4. The monoisotopic (exact) mass is 793 g/mol. The fourth-order valence-corrected chi connectivity index (χ4v) is 10.8. The maximum absolute atomic E-state index is 7.30. The molecule has 1 aliphatic carbocycles. The zero-order valence-corrected chi connectivity index (χ0v) is 34.3. The second-order valence-electron chi connectivity index (χ2n) is 16.9. The highest BCUT2D eigenvalue weighted by Crippen LogP contribution is 2.65. The molecule has 0 saturated carbocycles. The van der Waals surface area contributed by atoms with Crippen LogP contribution >= 0.6 is 0 Å². The number of aryl methyl sites for hydroxylation is 2. The van der Waals surface area contributed by atoms with Gasteiger partial charge in [-0.15, -0.1) is 0 Å². The molecule has 2 heterocycles. The summed E-state index contributed by atoms with van der Waals surface area (Å²) in [7, 11) is 0. The van der Waals surface area contributed by atoms with Gasteiger partial charge in [-0.25, -0.2) is 0 Å². The van der Waals surface area contributed by atoms with E-state index in [1.54, 1.807) is 0 Å². The smallest absolute Gasteiger partial charge is 0.140 e. The lowest BCUT2D eigenvalue weighted by atomic mass is 9.65. The van der Waals surface area contributed by atoms with Crippen LogP contribution < -0.4 is 9.64 Å². The van der Waals surface area contributed by atoms with E-state index in [-0.39, 0.29) is 0 Å². The molecular weight excluding hydrogens is 755 g/mol. The molecule has 0 amide bonds. The van der Waals surface area contributed by atoms with Crippen molar-refractivity contribution >= 4 is 60.5 Å². The van der Waals surface area contributed by atoms with Gasteiger partial charge in [-0.2, -0.15) is 0 Å². The summed E-state index contributed by atoms with van der Waals surface area (Å²) in [6.07, 6.45) is 0. The van der Waals surface area contributed by atoms with Gasteiger partial charge in [0.1, 0.15) is 22.7 Å². The molecule has 1 spiro atoms. The quantitative estimate of drug-likeness (QED) is 0.177. The largest absolute Gasteiger partial charge is 0.456 e. The van der Waals surface area contributed by atoms with Gasteiger partial charge >= 0.3 is 0 Å². The van der Waals surface area contributed by atoms with Gasteiger partial charge in [0.05, 0.1) is 11.1 Å². The van der Waals surface area contributed by atoms with E-state index in [2.05, 4.69) is 207 Å². The van der Waals surface area contributed by atoms with E-state index < -0.39 is 5.41 Å². The van der Waals surface area contributed by atoms with E-state index in [4.69, 9.17) is 9.15 Å². The molecule has 0 saturated heterocycles. The van der Waals surface area contributed by atoms with Gasteiger partial charge in [-0.3, -0.25) is 0 Å². The molecule has 10 aromatic carbocycles. The van der Waals surface area contributed by atoms with Crippen LogP contribution in [0.3, 0.4) is 0 Å². The molecule has 3 nitrogen and oxygen atoms in total. The summed E-state index contributed by atoms with van der Waals surface area (Å²) in [6, 6.07) is 73.2. The Labute approximate surface area is 359 Å². The number of fused-ring (bicyclic) bond motifs is 16. The zero-order valence-electron chi connectivity index (χ0n) is 34.3. The Morgan fingerprint density at radius 2 is 1.00 bits per heavy atom. The van der Waals surface area contributed by atoms with Crippen molar-refractivity contribution < 1.29 is 9.15 Å². The number of benzene rings is 10. The fraction of sp³-hybridized carbons (Fsp3) is 0.0508. The van der Waals surface area contributed by atoms with E-state index in [1.807, 2.05) is 12.1 Å². The normalized spacial score (nSPS) is 13.3. The number of hydrogen-bond acceptors (Lipinski definition) is 3. The van der Waals surface area contributed by atoms with Gasteiger partial charge in [0.2, 0.25) is 0 Å². The molecule has 3 heteroatoms. The van der Waals surface area contributed by atoms with E-state index in [1.165, 1.54) is 49.7 Å². The van der Waals surface area contributed by atoms with E-state index in [0.29, 0.717) is 0 Å². The van der Waals surface area contributed by atoms with Crippen LogP contribution in [0.4, 0.5) is 17.1 Å². The molecule has 0 radical (unpaired) electrons. The lowest BCUT2D eigenvalue weighted by Gasteiger charge is -2.40. The van der Waals surface area contributed by atoms with E-state index in [9.17, 15) is 0 Å². The Balaban J connectivity index is 1.11. The minimum atomic E-state index is -0.648. The lowest BCUT2D eigenvalue weighted by Crippen LogP contribution is -2.32. The molecule has 11 aromatic rings. The van der Waals surface area contributed by atoms with Gasteiger partial charge in [-0.1, -0.05) is 169 Å². The summed E-state index contributed by atoms with van der Waals surface area (Å²) in [5.74, 6) is 1.85. The van der Waals surface area contributed by atoms with E-state index >= 15 is 0 Å². The highest BCUT2D eigenvalue weighted by Gasteiger charge is 2.52. The molecule has 292 valence electrons.